The Labute approximate surface area is 105 Å². The van der Waals surface area contributed by atoms with Crippen LogP contribution in [-0.2, 0) is 4.79 Å². The van der Waals surface area contributed by atoms with Gasteiger partial charge in [0.1, 0.15) is 0 Å². The van der Waals surface area contributed by atoms with Gasteiger partial charge in [0.2, 0.25) is 5.91 Å². The molecule has 3 nitrogen and oxygen atoms in total. The van der Waals surface area contributed by atoms with E-state index in [1.54, 1.807) is 0 Å². The van der Waals surface area contributed by atoms with Gasteiger partial charge in [-0.05, 0) is 23.7 Å². The summed E-state index contributed by atoms with van der Waals surface area (Å²) in [4.78, 5) is 12.0. The van der Waals surface area contributed by atoms with Gasteiger partial charge in [0.15, 0.2) is 0 Å². The van der Waals surface area contributed by atoms with Crippen molar-refractivity contribution in [2.45, 2.75) is 71.4 Å². The van der Waals surface area contributed by atoms with Crippen LogP contribution >= 0.6 is 0 Å². The second kappa shape index (κ2) is 3.71. The summed E-state index contributed by atoms with van der Waals surface area (Å²) in [5.41, 5.74) is 6.42. The Kier molecular flexibility index (Phi) is 2.81. The zero-order chi connectivity index (χ0) is 12.9. The largest absolute Gasteiger partial charge is 0.352 e. The second-order valence-electron chi connectivity index (χ2n) is 7.19. The topological polar surface area (TPSA) is 55.1 Å². The van der Waals surface area contributed by atoms with Gasteiger partial charge in [-0.15, -0.1) is 0 Å². The Bertz CT molecular complexity index is 313. The molecule has 0 aromatic heterocycles. The van der Waals surface area contributed by atoms with Crippen molar-refractivity contribution in [3.63, 3.8) is 0 Å². The molecule has 0 spiro atoms. The van der Waals surface area contributed by atoms with Gasteiger partial charge in [-0.2, -0.15) is 0 Å². The van der Waals surface area contributed by atoms with Crippen LogP contribution in [0.3, 0.4) is 0 Å². The molecule has 2 aliphatic carbocycles. The quantitative estimate of drug-likeness (QED) is 0.792. The van der Waals surface area contributed by atoms with Crippen molar-refractivity contribution in [3.05, 3.63) is 0 Å². The molecule has 0 atom stereocenters. The third kappa shape index (κ3) is 2.10. The first kappa shape index (κ1) is 12.9. The average Bonchev–Trinajstić information content (AvgIpc) is 2.55. The van der Waals surface area contributed by atoms with Crippen molar-refractivity contribution in [1.29, 1.82) is 0 Å². The number of hydrogen-bond acceptors (Lipinski definition) is 2. The Balaban J connectivity index is 1.87. The smallest absolute Gasteiger partial charge is 0.222 e. The fourth-order valence-electron chi connectivity index (χ4n) is 3.34. The summed E-state index contributed by atoms with van der Waals surface area (Å²) in [6.07, 6.45) is 4.83. The standard InChI is InChI=1S/C14H26N2O/c1-12(2)11(13(12,3)4)16-10(17)9-14(15)7-5-6-8-14/h11H,5-9,15H2,1-4H3,(H,16,17). The van der Waals surface area contributed by atoms with E-state index in [1.165, 1.54) is 12.8 Å². The molecule has 0 aromatic rings. The van der Waals surface area contributed by atoms with Crippen LogP contribution < -0.4 is 11.1 Å². The number of nitrogens with one attached hydrogen (secondary N) is 1. The molecule has 0 radical (unpaired) electrons. The van der Waals surface area contributed by atoms with Gasteiger partial charge >= 0.3 is 0 Å². The van der Waals surface area contributed by atoms with E-state index in [4.69, 9.17) is 5.73 Å². The SMILES string of the molecule is CC1(C)C(NC(=O)CC2(N)CCCC2)C1(C)C. The van der Waals surface area contributed by atoms with E-state index in [1.807, 2.05) is 0 Å². The van der Waals surface area contributed by atoms with Crippen LogP contribution in [0.2, 0.25) is 0 Å². The summed E-state index contributed by atoms with van der Waals surface area (Å²) < 4.78 is 0. The molecule has 0 saturated heterocycles. The molecule has 1 amide bonds. The number of hydrogen-bond donors (Lipinski definition) is 2. The average molecular weight is 238 g/mol. The molecular weight excluding hydrogens is 212 g/mol. The van der Waals surface area contributed by atoms with E-state index in [-0.39, 0.29) is 22.3 Å². The highest BCUT2D eigenvalue weighted by molar-refractivity contribution is 5.78. The maximum absolute atomic E-state index is 12.0. The van der Waals surface area contributed by atoms with Crippen molar-refractivity contribution >= 4 is 5.91 Å². The van der Waals surface area contributed by atoms with E-state index < -0.39 is 0 Å². The number of carbonyl (C=O) groups is 1. The molecule has 2 rings (SSSR count). The lowest BCUT2D eigenvalue weighted by Gasteiger charge is -2.22. The fraction of sp³-hybridized carbons (Fsp3) is 0.929. The highest BCUT2D eigenvalue weighted by atomic mass is 16.1. The molecule has 98 valence electrons. The molecule has 2 fully saturated rings. The highest BCUT2D eigenvalue weighted by Gasteiger charge is 2.65. The molecule has 17 heavy (non-hydrogen) atoms. The Morgan fingerprint density at radius 3 is 2.06 bits per heavy atom. The minimum Gasteiger partial charge on any atom is -0.352 e. The first-order valence-corrected chi connectivity index (χ1v) is 6.77. The van der Waals surface area contributed by atoms with Crippen LogP contribution in [0.25, 0.3) is 0 Å². The molecule has 0 heterocycles. The third-order valence-electron chi connectivity index (χ3n) is 5.44. The lowest BCUT2D eigenvalue weighted by atomic mass is 9.94. The number of nitrogens with two attached hydrogens (primary N) is 1. The van der Waals surface area contributed by atoms with E-state index in [9.17, 15) is 4.79 Å². The minimum atomic E-state index is -0.229. The summed E-state index contributed by atoms with van der Waals surface area (Å²) in [6.45, 7) is 8.86. The highest BCUT2D eigenvalue weighted by Crippen LogP contribution is 2.62. The maximum atomic E-state index is 12.0. The fourth-order valence-corrected chi connectivity index (χ4v) is 3.34. The summed E-state index contributed by atoms with van der Waals surface area (Å²) >= 11 is 0. The number of amides is 1. The van der Waals surface area contributed by atoms with E-state index in [0.29, 0.717) is 12.5 Å². The lowest BCUT2D eigenvalue weighted by molar-refractivity contribution is -0.122. The van der Waals surface area contributed by atoms with E-state index >= 15 is 0 Å². The maximum Gasteiger partial charge on any atom is 0.222 e. The molecule has 3 heteroatoms. The monoisotopic (exact) mass is 238 g/mol. The number of carbonyl (C=O) groups excluding carboxylic acids is 1. The molecule has 0 aliphatic heterocycles. The van der Waals surface area contributed by atoms with Gasteiger partial charge in [-0.3, -0.25) is 4.79 Å². The zero-order valence-corrected chi connectivity index (χ0v) is 11.6. The predicted octanol–water partition coefficient (Wildman–Crippen LogP) is 2.20. The van der Waals surface area contributed by atoms with Crippen molar-refractivity contribution in [1.82, 2.24) is 5.32 Å². The van der Waals surface area contributed by atoms with Gasteiger partial charge in [0.05, 0.1) is 0 Å². The normalized spacial score (nSPS) is 29.0. The molecule has 0 bridgehead atoms. The van der Waals surface area contributed by atoms with E-state index in [0.717, 1.165) is 12.8 Å². The lowest BCUT2D eigenvalue weighted by Crippen LogP contribution is -2.43. The van der Waals surface area contributed by atoms with Crippen molar-refractivity contribution in [3.8, 4) is 0 Å². The van der Waals surface area contributed by atoms with Crippen LogP contribution in [0.5, 0.6) is 0 Å². The van der Waals surface area contributed by atoms with Crippen molar-refractivity contribution < 1.29 is 4.79 Å². The molecule has 2 aliphatic rings. The first-order valence-electron chi connectivity index (χ1n) is 6.77. The van der Waals surface area contributed by atoms with Crippen LogP contribution in [0.15, 0.2) is 0 Å². The summed E-state index contributed by atoms with van der Waals surface area (Å²) in [5.74, 6) is 0.137. The van der Waals surface area contributed by atoms with Crippen molar-refractivity contribution in [2.75, 3.05) is 0 Å². The van der Waals surface area contributed by atoms with Gasteiger partial charge < -0.3 is 11.1 Å². The molecule has 0 unspecified atom stereocenters. The van der Waals surface area contributed by atoms with Crippen LogP contribution in [0, 0.1) is 10.8 Å². The van der Waals surface area contributed by atoms with Crippen LogP contribution in [0.1, 0.15) is 59.8 Å². The van der Waals surface area contributed by atoms with Crippen LogP contribution in [0.4, 0.5) is 0 Å². The molecule has 0 aromatic carbocycles. The molecule has 3 N–H and O–H groups in total. The first-order chi connectivity index (χ1) is 7.69. The van der Waals surface area contributed by atoms with Gasteiger partial charge in [-0.25, -0.2) is 0 Å². The van der Waals surface area contributed by atoms with Gasteiger partial charge in [0.25, 0.3) is 0 Å². The summed E-state index contributed by atoms with van der Waals surface area (Å²) in [6, 6.07) is 0.299. The molecule has 2 saturated carbocycles. The van der Waals surface area contributed by atoms with Gasteiger partial charge in [0, 0.05) is 18.0 Å². The molecular formula is C14H26N2O. The Hall–Kier alpha value is -0.570. The third-order valence-corrected chi connectivity index (χ3v) is 5.44. The Morgan fingerprint density at radius 2 is 1.65 bits per heavy atom. The number of rotatable bonds is 3. The minimum absolute atomic E-state index is 0.137. The summed E-state index contributed by atoms with van der Waals surface area (Å²) in [5, 5.41) is 3.17. The van der Waals surface area contributed by atoms with Gasteiger partial charge in [-0.1, -0.05) is 40.5 Å². The van der Waals surface area contributed by atoms with E-state index in [2.05, 4.69) is 33.0 Å². The summed E-state index contributed by atoms with van der Waals surface area (Å²) in [7, 11) is 0. The Morgan fingerprint density at radius 1 is 1.18 bits per heavy atom. The second-order valence-corrected chi connectivity index (χ2v) is 7.19. The van der Waals surface area contributed by atoms with Crippen molar-refractivity contribution in [2.24, 2.45) is 16.6 Å². The zero-order valence-electron chi connectivity index (χ0n) is 11.6. The predicted molar refractivity (Wildman–Crippen MR) is 69.5 cm³/mol. The van der Waals surface area contributed by atoms with Crippen LogP contribution in [-0.4, -0.2) is 17.5 Å².